The second kappa shape index (κ2) is 9.72. The highest BCUT2D eigenvalue weighted by molar-refractivity contribution is 7.91. The first-order chi connectivity index (χ1) is 13.4. The van der Waals surface area contributed by atoms with Crippen LogP contribution in [0.3, 0.4) is 0 Å². The Morgan fingerprint density at radius 3 is 2.57 bits per heavy atom. The van der Waals surface area contributed by atoms with Crippen molar-refractivity contribution in [3.05, 3.63) is 11.9 Å². The van der Waals surface area contributed by atoms with Gasteiger partial charge in [-0.2, -0.15) is 0 Å². The van der Waals surface area contributed by atoms with Crippen molar-refractivity contribution < 1.29 is 8.42 Å². The van der Waals surface area contributed by atoms with Crippen molar-refractivity contribution >= 4 is 9.84 Å². The predicted octanol–water partition coefficient (Wildman–Crippen LogP) is 3.32. The van der Waals surface area contributed by atoms with Crippen LogP contribution >= 0.6 is 0 Å². The monoisotopic (exact) mass is 410 g/mol. The lowest BCUT2D eigenvalue weighted by molar-refractivity contribution is 0.212. The molecule has 2 fully saturated rings. The Morgan fingerprint density at radius 1 is 1.18 bits per heavy atom. The van der Waals surface area contributed by atoms with Gasteiger partial charge in [-0.25, -0.2) is 13.4 Å². The first kappa shape index (κ1) is 21.8. The van der Waals surface area contributed by atoms with Crippen molar-refractivity contribution in [1.29, 1.82) is 0 Å². The molecular formula is C21H38N4O2S. The van der Waals surface area contributed by atoms with Gasteiger partial charge < -0.3 is 9.47 Å². The summed E-state index contributed by atoms with van der Waals surface area (Å²) in [6.45, 7) is 5.83. The first-order valence-electron chi connectivity index (χ1n) is 11.1. The van der Waals surface area contributed by atoms with Gasteiger partial charge in [0.1, 0.15) is 0 Å². The zero-order chi connectivity index (χ0) is 20.1. The van der Waals surface area contributed by atoms with Crippen LogP contribution in [0.15, 0.2) is 11.4 Å². The van der Waals surface area contributed by atoms with E-state index in [2.05, 4.69) is 35.8 Å². The fraction of sp³-hybridized carbons (Fsp3) is 0.857. The SMILES string of the molecule is CCCCn1c(CN(C)C[C@@H]2CCCN2C)cnc1S(=O)(=O)C1CCCCC1. The summed E-state index contributed by atoms with van der Waals surface area (Å²) in [5.74, 6) is 0. The number of hydrogen-bond acceptors (Lipinski definition) is 5. The molecule has 2 aliphatic rings. The highest BCUT2D eigenvalue weighted by Gasteiger charge is 2.33. The number of rotatable bonds is 9. The van der Waals surface area contributed by atoms with E-state index in [-0.39, 0.29) is 5.25 Å². The van der Waals surface area contributed by atoms with Crippen molar-refractivity contribution in [2.24, 2.45) is 0 Å². The van der Waals surface area contributed by atoms with Gasteiger partial charge in [-0.3, -0.25) is 4.90 Å². The second-order valence-corrected chi connectivity index (χ2v) is 10.9. The molecule has 1 saturated carbocycles. The zero-order valence-electron chi connectivity index (χ0n) is 17.9. The van der Waals surface area contributed by atoms with Gasteiger partial charge in [0.25, 0.3) is 0 Å². The third-order valence-electron chi connectivity index (χ3n) is 6.51. The zero-order valence-corrected chi connectivity index (χ0v) is 18.8. The molecule has 1 aliphatic carbocycles. The largest absolute Gasteiger partial charge is 0.318 e. The van der Waals surface area contributed by atoms with Gasteiger partial charge in [-0.15, -0.1) is 0 Å². The molecule has 7 heteroatoms. The van der Waals surface area contributed by atoms with Crippen LogP contribution in [-0.2, 0) is 22.9 Å². The van der Waals surface area contributed by atoms with Gasteiger partial charge in [0.15, 0.2) is 0 Å². The van der Waals surface area contributed by atoms with Crippen molar-refractivity contribution in [3.63, 3.8) is 0 Å². The summed E-state index contributed by atoms with van der Waals surface area (Å²) in [6, 6.07) is 0.599. The number of likely N-dealkylation sites (N-methyl/N-ethyl adjacent to an activating group) is 2. The summed E-state index contributed by atoms with van der Waals surface area (Å²) >= 11 is 0. The number of nitrogens with zero attached hydrogens (tertiary/aromatic N) is 4. The Balaban J connectivity index is 1.77. The Kier molecular flexibility index (Phi) is 7.56. The van der Waals surface area contributed by atoms with E-state index in [9.17, 15) is 8.42 Å². The minimum Gasteiger partial charge on any atom is -0.318 e. The summed E-state index contributed by atoms with van der Waals surface area (Å²) in [4.78, 5) is 9.21. The maximum atomic E-state index is 13.3. The van der Waals surface area contributed by atoms with E-state index in [1.54, 1.807) is 6.20 Å². The van der Waals surface area contributed by atoms with Crippen LogP contribution < -0.4 is 0 Å². The summed E-state index contributed by atoms with van der Waals surface area (Å²) in [5.41, 5.74) is 1.03. The van der Waals surface area contributed by atoms with E-state index in [1.165, 1.54) is 19.4 Å². The molecule has 0 spiro atoms. The maximum absolute atomic E-state index is 13.3. The Bertz CT molecular complexity index is 725. The fourth-order valence-corrected chi connectivity index (χ4v) is 6.70. The topological polar surface area (TPSA) is 58.4 Å². The lowest BCUT2D eigenvalue weighted by Gasteiger charge is -2.26. The smallest absolute Gasteiger partial charge is 0.228 e. The van der Waals surface area contributed by atoms with Crippen LogP contribution in [0.5, 0.6) is 0 Å². The van der Waals surface area contributed by atoms with Crippen LogP contribution in [0, 0.1) is 0 Å². The van der Waals surface area contributed by atoms with Crippen molar-refractivity contribution in [2.75, 3.05) is 27.2 Å². The van der Waals surface area contributed by atoms with Crippen LogP contribution in [0.25, 0.3) is 0 Å². The van der Waals surface area contributed by atoms with Crippen LogP contribution in [-0.4, -0.2) is 66.2 Å². The predicted molar refractivity (Wildman–Crippen MR) is 113 cm³/mol. The van der Waals surface area contributed by atoms with E-state index in [0.29, 0.717) is 11.2 Å². The third-order valence-corrected chi connectivity index (χ3v) is 8.69. The fourth-order valence-electron chi connectivity index (χ4n) is 4.74. The summed E-state index contributed by atoms with van der Waals surface area (Å²) in [6.07, 6.45) is 11.1. The number of likely N-dealkylation sites (tertiary alicyclic amines) is 1. The molecule has 160 valence electrons. The standard InChI is InChI=1S/C21H38N4O2S/c1-4-5-14-25-19(17-23(2)16-18-10-9-13-24(18)3)15-22-21(25)28(26,27)20-11-7-6-8-12-20/h15,18,20H,4-14,16-17H2,1-3H3/t18-/m0/s1. The maximum Gasteiger partial charge on any atom is 0.228 e. The molecule has 0 N–H and O–H groups in total. The first-order valence-corrected chi connectivity index (χ1v) is 12.6. The Labute approximate surface area is 171 Å². The molecule has 0 aromatic carbocycles. The summed E-state index contributed by atoms with van der Waals surface area (Å²) in [5, 5.41) is 0.0657. The lowest BCUT2D eigenvalue weighted by atomic mass is 10.0. The minimum atomic E-state index is -3.34. The van der Waals surface area contributed by atoms with Gasteiger partial charge in [0.2, 0.25) is 15.0 Å². The molecular weight excluding hydrogens is 372 g/mol. The van der Waals surface area contributed by atoms with Crippen molar-refractivity contribution in [3.8, 4) is 0 Å². The van der Waals surface area contributed by atoms with E-state index >= 15 is 0 Å². The second-order valence-electron chi connectivity index (χ2n) is 8.82. The van der Waals surface area contributed by atoms with Gasteiger partial charge in [-0.05, 0) is 52.7 Å². The molecule has 2 heterocycles. The third kappa shape index (κ3) is 4.97. The summed E-state index contributed by atoms with van der Waals surface area (Å²) in [7, 11) is 0.994. The molecule has 0 radical (unpaired) electrons. The lowest BCUT2D eigenvalue weighted by Crippen LogP contribution is -2.36. The molecule has 1 aromatic heterocycles. The molecule has 1 atom stereocenters. The number of imidazole rings is 1. The van der Waals surface area contributed by atoms with Gasteiger partial charge in [0, 0.05) is 25.7 Å². The molecule has 1 saturated heterocycles. The molecule has 6 nitrogen and oxygen atoms in total. The van der Waals surface area contributed by atoms with Gasteiger partial charge in [-0.1, -0.05) is 32.6 Å². The number of unbranched alkanes of at least 4 members (excludes halogenated alkanes) is 1. The molecule has 0 amide bonds. The van der Waals surface area contributed by atoms with E-state index < -0.39 is 9.84 Å². The van der Waals surface area contributed by atoms with Gasteiger partial charge >= 0.3 is 0 Å². The molecule has 1 aromatic rings. The van der Waals surface area contributed by atoms with Crippen LogP contribution in [0.4, 0.5) is 0 Å². The molecule has 3 rings (SSSR count). The highest BCUT2D eigenvalue weighted by atomic mass is 32.2. The van der Waals surface area contributed by atoms with Crippen molar-refractivity contribution in [2.45, 2.75) is 94.2 Å². The average molecular weight is 411 g/mol. The Morgan fingerprint density at radius 2 is 1.93 bits per heavy atom. The Hall–Kier alpha value is -0.920. The average Bonchev–Trinajstić information content (AvgIpc) is 3.27. The number of aromatic nitrogens is 2. The van der Waals surface area contributed by atoms with Crippen molar-refractivity contribution in [1.82, 2.24) is 19.4 Å². The quantitative estimate of drug-likeness (QED) is 0.625. The van der Waals surface area contributed by atoms with Crippen LogP contribution in [0.1, 0.15) is 70.4 Å². The van der Waals surface area contributed by atoms with E-state index in [1.807, 2.05) is 4.57 Å². The number of sulfone groups is 1. The van der Waals surface area contributed by atoms with E-state index in [4.69, 9.17) is 0 Å². The normalized spacial score (nSPS) is 22.4. The van der Waals surface area contributed by atoms with Gasteiger partial charge in [0.05, 0.1) is 17.1 Å². The number of hydrogen-bond donors (Lipinski definition) is 0. The molecule has 0 unspecified atom stereocenters. The molecule has 0 bridgehead atoms. The molecule has 1 aliphatic heterocycles. The van der Waals surface area contributed by atoms with Crippen LogP contribution in [0.2, 0.25) is 0 Å². The summed E-state index contributed by atoms with van der Waals surface area (Å²) < 4.78 is 28.6. The highest BCUT2D eigenvalue weighted by Crippen LogP contribution is 2.29. The molecule has 28 heavy (non-hydrogen) atoms. The van der Waals surface area contributed by atoms with E-state index in [0.717, 1.165) is 70.3 Å². The minimum absolute atomic E-state index is 0.248.